The van der Waals surface area contributed by atoms with Crippen LogP contribution in [0.25, 0.3) is 0 Å². The Morgan fingerprint density at radius 1 is 0.809 bits per heavy atom. The lowest BCUT2D eigenvalue weighted by atomic mass is 9.94. The van der Waals surface area contributed by atoms with Crippen molar-refractivity contribution in [3.05, 3.63) is 130 Å². The highest BCUT2D eigenvalue weighted by atomic mass is 35.5. The summed E-state index contributed by atoms with van der Waals surface area (Å²) in [5.74, 6) is -0.808. The number of hydrogen-bond acceptors (Lipinski definition) is 4. The third-order valence-corrected chi connectivity index (χ3v) is 11.0. The van der Waals surface area contributed by atoms with Crippen molar-refractivity contribution in [3.63, 3.8) is 0 Å². The Balaban J connectivity index is 1.56. The molecule has 4 aromatic rings. The van der Waals surface area contributed by atoms with Crippen LogP contribution in [0, 0.1) is 6.92 Å². The standard InChI is InChI=1S/C37H39Cl2N3O4S/c1-27-17-20-31(21-18-27)42(47(45,46)32-15-9-4-10-16-32)26-36(43)41(25-29-19-22-33(38)34(39)23-29)35(24-28-11-5-2-6-12-28)37(44)40-30-13-7-3-8-14-30/h2,4-6,9-12,15-23,30,35H,3,7-8,13-14,24-26H2,1H3,(H,40,44). The number of benzene rings is 4. The molecule has 2 amide bonds. The predicted molar refractivity (Wildman–Crippen MR) is 188 cm³/mol. The summed E-state index contributed by atoms with van der Waals surface area (Å²) in [6.07, 6.45) is 5.18. The number of carbonyl (C=O) groups is 2. The van der Waals surface area contributed by atoms with Gasteiger partial charge >= 0.3 is 0 Å². The monoisotopic (exact) mass is 691 g/mol. The number of halogens is 2. The Hall–Kier alpha value is -3.85. The number of anilines is 1. The molecular formula is C37H39Cl2N3O4S. The number of amides is 2. The third-order valence-electron chi connectivity index (χ3n) is 8.49. The highest BCUT2D eigenvalue weighted by Crippen LogP contribution is 2.27. The third kappa shape index (κ3) is 8.95. The average Bonchev–Trinajstić information content (AvgIpc) is 3.08. The number of carbonyl (C=O) groups excluding carboxylic acids is 2. The lowest BCUT2D eigenvalue weighted by Crippen LogP contribution is -2.55. The molecule has 1 aliphatic rings. The van der Waals surface area contributed by atoms with Crippen molar-refractivity contribution in [1.82, 2.24) is 10.2 Å². The van der Waals surface area contributed by atoms with Crippen LogP contribution in [-0.4, -0.2) is 43.8 Å². The fourth-order valence-electron chi connectivity index (χ4n) is 5.89. The fraction of sp³-hybridized carbons (Fsp3) is 0.297. The van der Waals surface area contributed by atoms with Gasteiger partial charge in [0.25, 0.3) is 10.0 Å². The lowest BCUT2D eigenvalue weighted by Gasteiger charge is -2.35. The van der Waals surface area contributed by atoms with Crippen molar-refractivity contribution in [2.75, 3.05) is 10.8 Å². The summed E-state index contributed by atoms with van der Waals surface area (Å²) in [6, 6.07) is 28.7. The molecule has 0 spiro atoms. The Kier molecular flexibility index (Phi) is 11.6. The summed E-state index contributed by atoms with van der Waals surface area (Å²) >= 11 is 12.6. The molecule has 7 nitrogen and oxygen atoms in total. The number of nitrogens with zero attached hydrogens (tertiary/aromatic N) is 2. The maximum absolute atomic E-state index is 14.6. The molecular weight excluding hydrogens is 653 g/mol. The van der Waals surface area contributed by atoms with Crippen LogP contribution in [0.3, 0.4) is 0 Å². The topological polar surface area (TPSA) is 86.8 Å². The molecule has 1 atom stereocenters. The summed E-state index contributed by atoms with van der Waals surface area (Å²) in [6.45, 7) is 1.39. The molecule has 10 heteroatoms. The van der Waals surface area contributed by atoms with Crippen LogP contribution in [0.15, 0.2) is 108 Å². The van der Waals surface area contributed by atoms with E-state index in [-0.39, 0.29) is 29.8 Å². The van der Waals surface area contributed by atoms with Crippen molar-refractivity contribution in [2.45, 2.75) is 69.0 Å². The van der Waals surface area contributed by atoms with Crippen LogP contribution in [0.2, 0.25) is 10.0 Å². The molecule has 4 aromatic carbocycles. The number of rotatable bonds is 12. The molecule has 0 heterocycles. The molecule has 246 valence electrons. The first-order valence-corrected chi connectivity index (χ1v) is 18.0. The van der Waals surface area contributed by atoms with Gasteiger partial charge in [0, 0.05) is 19.0 Å². The summed E-state index contributed by atoms with van der Waals surface area (Å²) in [7, 11) is -4.16. The van der Waals surface area contributed by atoms with Gasteiger partial charge in [-0.15, -0.1) is 0 Å². The van der Waals surface area contributed by atoms with Gasteiger partial charge in [0.2, 0.25) is 11.8 Å². The number of sulfonamides is 1. The van der Waals surface area contributed by atoms with E-state index in [2.05, 4.69) is 5.32 Å². The molecule has 47 heavy (non-hydrogen) atoms. The van der Waals surface area contributed by atoms with E-state index in [0.29, 0.717) is 21.3 Å². The SMILES string of the molecule is Cc1ccc(N(CC(=O)N(Cc2ccc(Cl)c(Cl)c2)C(Cc2ccccc2)C(=O)NC2CCCCC2)S(=O)(=O)c2ccccc2)cc1. The van der Waals surface area contributed by atoms with E-state index < -0.39 is 28.5 Å². The minimum absolute atomic E-state index is 0.0123. The lowest BCUT2D eigenvalue weighted by molar-refractivity contribution is -0.140. The van der Waals surface area contributed by atoms with E-state index in [9.17, 15) is 18.0 Å². The van der Waals surface area contributed by atoms with Crippen LogP contribution >= 0.6 is 23.2 Å². The Bertz CT molecular complexity index is 1760. The second-order valence-corrected chi connectivity index (χ2v) is 14.7. The summed E-state index contributed by atoms with van der Waals surface area (Å²) in [5.41, 5.74) is 2.81. The van der Waals surface area contributed by atoms with Gasteiger partial charge in [-0.05, 0) is 67.3 Å². The summed E-state index contributed by atoms with van der Waals surface area (Å²) in [5, 5.41) is 3.90. The van der Waals surface area contributed by atoms with Crippen LogP contribution in [-0.2, 0) is 32.6 Å². The van der Waals surface area contributed by atoms with E-state index in [0.717, 1.165) is 47.5 Å². The highest BCUT2D eigenvalue weighted by Gasteiger charge is 2.35. The van der Waals surface area contributed by atoms with E-state index in [4.69, 9.17) is 23.2 Å². The molecule has 0 aromatic heterocycles. The van der Waals surface area contributed by atoms with Gasteiger partial charge in [0.15, 0.2) is 0 Å². The Morgan fingerprint density at radius 2 is 1.45 bits per heavy atom. The molecule has 5 rings (SSSR count). The van der Waals surface area contributed by atoms with Gasteiger partial charge in [0.05, 0.1) is 20.6 Å². The molecule has 0 aliphatic heterocycles. The Morgan fingerprint density at radius 3 is 2.09 bits per heavy atom. The van der Waals surface area contributed by atoms with Gasteiger partial charge in [-0.1, -0.05) is 115 Å². The maximum Gasteiger partial charge on any atom is 0.264 e. The van der Waals surface area contributed by atoms with Crippen molar-refractivity contribution >= 4 is 50.7 Å². The van der Waals surface area contributed by atoms with Crippen molar-refractivity contribution in [3.8, 4) is 0 Å². The summed E-state index contributed by atoms with van der Waals surface area (Å²) < 4.78 is 29.4. The first kappa shape index (κ1) is 34.5. The zero-order valence-electron chi connectivity index (χ0n) is 26.3. The first-order chi connectivity index (χ1) is 22.6. The second kappa shape index (κ2) is 15.8. The van der Waals surface area contributed by atoms with Crippen molar-refractivity contribution in [1.29, 1.82) is 0 Å². The molecule has 0 saturated heterocycles. The molecule has 0 bridgehead atoms. The normalized spacial score (nSPS) is 14.3. The van der Waals surface area contributed by atoms with E-state index in [1.807, 2.05) is 37.3 Å². The van der Waals surface area contributed by atoms with Gasteiger partial charge in [-0.25, -0.2) is 8.42 Å². The largest absolute Gasteiger partial charge is 0.352 e. The van der Waals surface area contributed by atoms with E-state index in [1.54, 1.807) is 60.7 Å². The van der Waals surface area contributed by atoms with Crippen molar-refractivity contribution < 1.29 is 18.0 Å². The molecule has 1 saturated carbocycles. The van der Waals surface area contributed by atoms with Crippen molar-refractivity contribution in [2.24, 2.45) is 0 Å². The Labute approximate surface area is 287 Å². The average molecular weight is 693 g/mol. The molecule has 1 N–H and O–H groups in total. The van der Waals surface area contributed by atoms with E-state index in [1.165, 1.54) is 17.0 Å². The number of nitrogens with one attached hydrogen (secondary N) is 1. The summed E-state index contributed by atoms with van der Waals surface area (Å²) in [4.78, 5) is 30.4. The van der Waals surface area contributed by atoms with Crippen LogP contribution in [0.5, 0.6) is 0 Å². The van der Waals surface area contributed by atoms with Crippen LogP contribution in [0.1, 0.15) is 48.8 Å². The van der Waals surface area contributed by atoms with Gasteiger partial charge in [-0.3, -0.25) is 13.9 Å². The predicted octanol–water partition coefficient (Wildman–Crippen LogP) is 7.59. The maximum atomic E-state index is 14.6. The molecule has 1 unspecified atom stereocenters. The minimum atomic E-state index is -4.16. The van der Waals surface area contributed by atoms with Gasteiger partial charge in [-0.2, -0.15) is 0 Å². The molecule has 0 radical (unpaired) electrons. The van der Waals surface area contributed by atoms with Gasteiger partial charge < -0.3 is 10.2 Å². The van der Waals surface area contributed by atoms with Crippen LogP contribution in [0.4, 0.5) is 5.69 Å². The quantitative estimate of drug-likeness (QED) is 0.166. The fourth-order valence-corrected chi connectivity index (χ4v) is 7.65. The van der Waals surface area contributed by atoms with Gasteiger partial charge in [0.1, 0.15) is 12.6 Å². The zero-order valence-corrected chi connectivity index (χ0v) is 28.6. The molecule has 1 aliphatic carbocycles. The second-order valence-electron chi connectivity index (χ2n) is 12.0. The smallest absolute Gasteiger partial charge is 0.264 e. The number of hydrogen-bond donors (Lipinski definition) is 1. The molecule has 1 fully saturated rings. The highest BCUT2D eigenvalue weighted by molar-refractivity contribution is 7.92. The minimum Gasteiger partial charge on any atom is -0.352 e. The first-order valence-electron chi connectivity index (χ1n) is 15.8. The zero-order chi connectivity index (χ0) is 33.4. The van der Waals surface area contributed by atoms with E-state index >= 15 is 0 Å². The number of aryl methyl sites for hydroxylation is 1. The van der Waals surface area contributed by atoms with Crippen LogP contribution < -0.4 is 9.62 Å².